The van der Waals surface area contributed by atoms with Crippen LogP contribution in [0.1, 0.15) is 29.8 Å². The maximum absolute atomic E-state index is 11.6. The Labute approximate surface area is 93.1 Å². The maximum Gasteiger partial charge on any atom is 0.339 e. The number of H-pyrrole nitrogens is 1. The molecule has 0 aromatic carbocycles. The molecule has 0 bridgehead atoms. The minimum atomic E-state index is -0.697. The highest BCUT2D eigenvalue weighted by atomic mass is 16.5. The van der Waals surface area contributed by atoms with Crippen molar-refractivity contribution in [1.82, 2.24) is 4.98 Å². The van der Waals surface area contributed by atoms with Crippen LogP contribution in [-0.2, 0) is 10.2 Å². The van der Waals surface area contributed by atoms with Crippen LogP contribution < -0.4 is 5.56 Å². The Morgan fingerprint density at radius 3 is 2.69 bits per heavy atom. The van der Waals surface area contributed by atoms with Gasteiger partial charge in [0, 0.05) is 17.2 Å². The maximum atomic E-state index is 11.6. The summed E-state index contributed by atoms with van der Waals surface area (Å²) in [7, 11) is 1.27. The van der Waals surface area contributed by atoms with Gasteiger partial charge in [0.25, 0.3) is 5.56 Å². The molecule has 0 amide bonds. The van der Waals surface area contributed by atoms with Gasteiger partial charge in [0.15, 0.2) is 0 Å². The quantitative estimate of drug-likeness (QED) is 0.731. The smallest absolute Gasteiger partial charge is 0.339 e. The molecule has 0 atom stereocenters. The number of aromatic amines is 1. The first-order valence-electron chi connectivity index (χ1n) is 4.85. The molecule has 16 heavy (non-hydrogen) atoms. The lowest BCUT2D eigenvalue weighted by atomic mass is 9.86. The van der Waals surface area contributed by atoms with Crippen LogP contribution in [0.15, 0.2) is 17.1 Å². The number of hydrogen-bond acceptors (Lipinski definition) is 4. The highest BCUT2D eigenvalue weighted by Gasteiger charge is 2.24. The van der Waals surface area contributed by atoms with Gasteiger partial charge in [-0.25, -0.2) is 4.79 Å². The number of nitrogens with one attached hydrogen (secondary N) is 1. The van der Waals surface area contributed by atoms with Crippen molar-refractivity contribution in [2.24, 2.45) is 0 Å². The lowest BCUT2D eigenvalue weighted by Crippen LogP contribution is -2.31. The van der Waals surface area contributed by atoms with Gasteiger partial charge in [-0.3, -0.25) is 4.79 Å². The minimum Gasteiger partial charge on any atom is -0.465 e. The zero-order chi connectivity index (χ0) is 12.3. The third kappa shape index (κ3) is 2.30. The van der Waals surface area contributed by atoms with E-state index in [9.17, 15) is 14.7 Å². The summed E-state index contributed by atoms with van der Waals surface area (Å²) in [4.78, 5) is 25.3. The largest absolute Gasteiger partial charge is 0.465 e. The normalized spacial score (nSPS) is 11.2. The predicted molar refractivity (Wildman–Crippen MR) is 58.5 cm³/mol. The topological polar surface area (TPSA) is 79.4 Å². The van der Waals surface area contributed by atoms with E-state index >= 15 is 0 Å². The van der Waals surface area contributed by atoms with E-state index in [2.05, 4.69) is 9.72 Å². The Bertz CT molecular complexity index is 448. The van der Waals surface area contributed by atoms with Gasteiger partial charge in [0.2, 0.25) is 0 Å². The van der Waals surface area contributed by atoms with Gasteiger partial charge in [0.1, 0.15) is 0 Å². The molecule has 1 aromatic heterocycles. The molecule has 0 aliphatic carbocycles. The Balaban J connectivity index is 3.30. The van der Waals surface area contributed by atoms with E-state index in [1.165, 1.54) is 19.4 Å². The average Bonchev–Trinajstić information content (AvgIpc) is 2.28. The Morgan fingerprint density at radius 2 is 2.19 bits per heavy atom. The molecule has 1 rings (SSSR count). The number of pyridine rings is 1. The SMILES string of the molecule is COC(=O)c1c[nH]c(=O)c(C(C)(C)CO)c1. The van der Waals surface area contributed by atoms with Crippen molar-refractivity contribution in [2.75, 3.05) is 13.7 Å². The van der Waals surface area contributed by atoms with Gasteiger partial charge in [0.05, 0.1) is 19.3 Å². The third-order valence-electron chi connectivity index (χ3n) is 2.45. The zero-order valence-electron chi connectivity index (χ0n) is 9.53. The Morgan fingerprint density at radius 1 is 1.56 bits per heavy atom. The highest BCUT2D eigenvalue weighted by molar-refractivity contribution is 5.89. The second-order valence-electron chi connectivity index (χ2n) is 4.16. The molecule has 88 valence electrons. The van der Waals surface area contributed by atoms with Crippen molar-refractivity contribution in [3.8, 4) is 0 Å². The zero-order valence-corrected chi connectivity index (χ0v) is 9.53. The van der Waals surface area contributed by atoms with E-state index in [-0.39, 0.29) is 17.7 Å². The summed E-state index contributed by atoms with van der Waals surface area (Å²) in [6.45, 7) is 3.26. The van der Waals surface area contributed by atoms with E-state index in [1.807, 2.05) is 0 Å². The van der Waals surface area contributed by atoms with Crippen molar-refractivity contribution in [1.29, 1.82) is 0 Å². The van der Waals surface area contributed by atoms with Crippen molar-refractivity contribution >= 4 is 5.97 Å². The van der Waals surface area contributed by atoms with Gasteiger partial charge >= 0.3 is 5.97 Å². The van der Waals surface area contributed by atoms with Crippen molar-refractivity contribution in [3.05, 3.63) is 33.7 Å². The number of aromatic nitrogens is 1. The van der Waals surface area contributed by atoms with Gasteiger partial charge in [-0.2, -0.15) is 0 Å². The van der Waals surface area contributed by atoms with Crippen LogP contribution in [0.5, 0.6) is 0 Å². The number of hydrogen-bond donors (Lipinski definition) is 2. The fraction of sp³-hybridized carbons (Fsp3) is 0.455. The first kappa shape index (κ1) is 12.4. The summed E-state index contributed by atoms with van der Waals surface area (Å²) in [5.74, 6) is -0.522. The van der Waals surface area contributed by atoms with Gasteiger partial charge in [-0.1, -0.05) is 13.8 Å². The standard InChI is InChI=1S/C11H15NO4/c1-11(2,6-13)8-4-7(10(15)16-3)5-12-9(8)14/h4-5,13H,6H2,1-3H3,(H,12,14). The molecule has 1 aromatic rings. The Hall–Kier alpha value is -1.62. The fourth-order valence-corrected chi connectivity index (χ4v) is 1.31. The average molecular weight is 225 g/mol. The van der Waals surface area contributed by atoms with E-state index in [0.29, 0.717) is 5.56 Å². The van der Waals surface area contributed by atoms with E-state index in [1.54, 1.807) is 13.8 Å². The molecule has 0 aliphatic rings. The summed E-state index contributed by atoms with van der Waals surface area (Å²) >= 11 is 0. The third-order valence-corrected chi connectivity index (χ3v) is 2.45. The molecule has 0 aliphatic heterocycles. The lowest BCUT2D eigenvalue weighted by molar-refractivity contribution is 0.0600. The van der Waals surface area contributed by atoms with Gasteiger partial charge in [-0.05, 0) is 6.07 Å². The van der Waals surface area contributed by atoms with Crippen molar-refractivity contribution in [2.45, 2.75) is 19.3 Å². The van der Waals surface area contributed by atoms with Crippen LogP contribution in [-0.4, -0.2) is 29.8 Å². The molecule has 2 N–H and O–H groups in total. The summed E-state index contributed by atoms with van der Waals surface area (Å²) in [6.07, 6.45) is 1.30. The molecule has 0 saturated carbocycles. The van der Waals surface area contributed by atoms with Crippen LogP contribution >= 0.6 is 0 Å². The summed E-state index contributed by atoms with van der Waals surface area (Å²) < 4.78 is 4.55. The molecular weight excluding hydrogens is 210 g/mol. The number of aliphatic hydroxyl groups is 1. The van der Waals surface area contributed by atoms with Crippen LogP contribution in [0, 0.1) is 0 Å². The number of ether oxygens (including phenoxy) is 1. The number of aliphatic hydroxyl groups excluding tert-OH is 1. The minimum absolute atomic E-state index is 0.180. The van der Waals surface area contributed by atoms with E-state index in [0.717, 1.165) is 0 Å². The van der Waals surface area contributed by atoms with Crippen LogP contribution in [0.25, 0.3) is 0 Å². The molecule has 0 saturated heterocycles. The molecule has 0 spiro atoms. The number of carbonyl (C=O) groups is 1. The number of rotatable bonds is 3. The summed E-state index contributed by atoms with van der Waals surface area (Å²) in [6, 6.07) is 1.45. The van der Waals surface area contributed by atoms with E-state index < -0.39 is 11.4 Å². The first-order chi connectivity index (χ1) is 7.42. The number of methoxy groups -OCH3 is 1. The molecular formula is C11H15NO4. The van der Waals surface area contributed by atoms with Gasteiger partial charge < -0.3 is 14.8 Å². The second-order valence-corrected chi connectivity index (χ2v) is 4.16. The molecule has 5 heteroatoms. The highest BCUT2D eigenvalue weighted by Crippen LogP contribution is 2.19. The Kier molecular flexibility index (Phi) is 3.49. The van der Waals surface area contributed by atoms with Crippen molar-refractivity contribution < 1.29 is 14.6 Å². The van der Waals surface area contributed by atoms with Crippen LogP contribution in [0.3, 0.4) is 0 Å². The molecule has 0 fully saturated rings. The summed E-state index contributed by atoms with van der Waals surface area (Å²) in [5.41, 5.74) is -0.388. The molecule has 1 heterocycles. The number of carbonyl (C=O) groups excluding carboxylic acids is 1. The van der Waals surface area contributed by atoms with Crippen LogP contribution in [0.2, 0.25) is 0 Å². The van der Waals surface area contributed by atoms with Crippen molar-refractivity contribution in [3.63, 3.8) is 0 Å². The predicted octanol–water partition coefficient (Wildman–Crippen LogP) is 0.431. The van der Waals surface area contributed by atoms with E-state index in [4.69, 9.17) is 0 Å². The fourth-order valence-electron chi connectivity index (χ4n) is 1.31. The first-order valence-corrected chi connectivity index (χ1v) is 4.85. The van der Waals surface area contributed by atoms with Crippen LogP contribution in [0.4, 0.5) is 0 Å². The molecule has 0 radical (unpaired) electrons. The number of esters is 1. The second kappa shape index (κ2) is 4.49. The molecule has 5 nitrogen and oxygen atoms in total. The molecule has 0 unspecified atom stereocenters. The summed E-state index contributed by atoms with van der Waals surface area (Å²) in [5, 5.41) is 9.19. The monoisotopic (exact) mass is 225 g/mol. The van der Waals surface area contributed by atoms with Gasteiger partial charge in [-0.15, -0.1) is 0 Å². The lowest BCUT2D eigenvalue weighted by Gasteiger charge is -2.21.